The van der Waals surface area contributed by atoms with Crippen molar-refractivity contribution in [2.45, 2.75) is 38.9 Å². The number of rotatable bonds is 8. The molecule has 2 N–H and O–H groups in total. The molecule has 1 aromatic heterocycles. The van der Waals surface area contributed by atoms with Gasteiger partial charge in [-0.25, -0.2) is 0 Å². The molecule has 0 aliphatic heterocycles. The lowest BCUT2D eigenvalue weighted by Gasteiger charge is -2.14. The Balaban J connectivity index is 1.66. The topological polar surface area (TPSA) is 75.4 Å². The summed E-state index contributed by atoms with van der Waals surface area (Å²) in [5.74, 6) is 2.08. The lowest BCUT2D eigenvalue weighted by Crippen LogP contribution is -2.32. The second-order valence-electron chi connectivity index (χ2n) is 5.55. The van der Waals surface area contributed by atoms with E-state index in [1.807, 2.05) is 13.8 Å². The first-order chi connectivity index (χ1) is 9.56. The molecule has 1 saturated carbocycles. The number of aliphatic hydroxyl groups is 1. The highest BCUT2D eigenvalue weighted by molar-refractivity contribution is 7.99. The summed E-state index contributed by atoms with van der Waals surface area (Å²) in [6.45, 7) is 4.70. The van der Waals surface area contributed by atoms with Crippen molar-refractivity contribution in [2.75, 3.05) is 18.9 Å². The molecule has 112 valence electrons. The Labute approximate surface area is 123 Å². The van der Waals surface area contributed by atoms with Crippen molar-refractivity contribution < 1.29 is 14.4 Å². The van der Waals surface area contributed by atoms with Crippen LogP contribution in [0.25, 0.3) is 0 Å². The van der Waals surface area contributed by atoms with E-state index in [9.17, 15) is 4.79 Å². The Hall–Kier alpha value is -1.01. The summed E-state index contributed by atoms with van der Waals surface area (Å²) < 4.78 is 5.09. The first-order valence-corrected chi connectivity index (χ1v) is 8.09. The summed E-state index contributed by atoms with van der Waals surface area (Å²) in [6.07, 6.45) is 3.01. The number of nitrogens with one attached hydrogen (secondary N) is 1. The van der Waals surface area contributed by atoms with Crippen molar-refractivity contribution in [3.63, 3.8) is 0 Å². The van der Waals surface area contributed by atoms with Gasteiger partial charge >= 0.3 is 0 Å². The molecule has 1 amide bonds. The van der Waals surface area contributed by atoms with Crippen molar-refractivity contribution in [3.05, 3.63) is 17.0 Å². The molecule has 1 fully saturated rings. The van der Waals surface area contributed by atoms with E-state index in [4.69, 9.17) is 9.63 Å². The predicted octanol–water partition coefficient (Wildman–Crippen LogP) is 1.80. The number of carbonyl (C=O) groups excluding carboxylic acids is 1. The van der Waals surface area contributed by atoms with Gasteiger partial charge in [-0.2, -0.15) is 0 Å². The predicted molar refractivity (Wildman–Crippen MR) is 78.5 cm³/mol. The molecule has 1 aliphatic rings. The smallest absolute Gasteiger partial charge is 0.230 e. The van der Waals surface area contributed by atoms with E-state index < -0.39 is 0 Å². The number of aliphatic hydroxyl groups excluding tert-OH is 1. The number of carbonyl (C=O) groups is 1. The molecule has 6 heteroatoms. The van der Waals surface area contributed by atoms with Crippen LogP contribution < -0.4 is 5.32 Å². The van der Waals surface area contributed by atoms with Gasteiger partial charge in [0.15, 0.2) is 0 Å². The van der Waals surface area contributed by atoms with Crippen LogP contribution in [0.1, 0.15) is 36.3 Å². The molecule has 5 nitrogen and oxygen atoms in total. The first-order valence-electron chi connectivity index (χ1n) is 6.93. The quantitative estimate of drug-likeness (QED) is 0.765. The Morgan fingerprint density at radius 2 is 2.25 bits per heavy atom. The zero-order valence-corrected chi connectivity index (χ0v) is 12.9. The Morgan fingerprint density at radius 1 is 1.50 bits per heavy atom. The fourth-order valence-corrected chi connectivity index (χ4v) is 3.23. The van der Waals surface area contributed by atoms with Crippen LogP contribution in [0.5, 0.6) is 0 Å². The second-order valence-corrected chi connectivity index (χ2v) is 6.53. The van der Waals surface area contributed by atoms with E-state index in [1.54, 1.807) is 11.8 Å². The molecule has 0 aromatic carbocycles. The van der Waals surface area contributed by atoms with E-state index >= 15 is 0 Å². The largest absolute Gasteiger partial charge is 0.396 e. The highest BCUT2D eigenvalue weighted by atomic mass is 32.2. The highest BCUT2D eigenvalue weighted by Crippen LogP contribution is 2.47. The third-order valence-corrected chi connectivity index (χ3v) is 4.88. The fraction of sp³-hybridized carbons (Fsp3) is 0.714. The lowest BCUT2D eigenvalue weighted by molar-refractivity contribution is -0.118. The van der Waals surface area contributed by atoms with E-state index in [-0.39, 0.29) is 17.9 Å². The van der Waals surface area contributed by atoms with Gasteiger partial charge in [-0.1, -0.05) is 5.16 Å². The number of aromatic nitrogens is 1. The van der Waals surface area contributed by atoms with E-state index in [2.05, 4.69) is 10.5 Å². The normalized spacial score (nSPS) is 16.1. The molecular formula is C14H22N2O3S. The first kappa shape index (κ1) is 15.4. The minimum atomic E-state index is 0.0611. The zero-order chi connectivity index (χ0) is 14.6. The van der Waals surface area contributed by atoms with Gasteiger partial charge in [0.2, 0.25) is 5.91 Å². The molecule has 0 radical (unpaired) electrons. The Kier molecular flexibility index (Phi) is 5.10. The van der Waals surface area contributed by atoms with Crippen molar-refractivity contribution in [2.24, 2.45) is 5.41 Å². The van der Waals surface area contributed by atoms with Crippen LogP contribution in [-0.4, -0.2) is 35.1 Å². The number of nitrogens with zero attached hydrogens (tertiary/aromatic N) is 1. The van der Waals surface area contributed by atoms with Crippen LogP contribution in [0, 0.1) is 19.3 Å². The average molecular weight is 298 g/mol. The summed E-state index contributed by atoms with van der Waals surface area (Å²) in [4.78, 5) is 11.8. The number of amides is 1. The van der Waals surface area contributed by atoms with Crippen LogP contribution in [-0.2, 0) is 10.5 Å². The number of aryl methyl sites for hydroxylation is 2. The average Bonchev–Trinajstić information content (AvgIpc) is 3.12. The van der Waals surface area contributed by atoms with Crippen LogP contribution in [0.3, 0.4) is 0 Å². The number of thioether (sulfide) groups is 1. The van der Waals surface area contributed by atoms with Gasteiger partial charge in [-0.15, -0.1) is 11.8 Å². The molecule has 1 aliphatic carbocycles. The van der Waals surface area contributed by atoms with Crippen LogP contribution in [0.2, 0.25) is 0 Å². The standard InChI is InChI=1S/C14H22N2O3S/c1-10-12(11(2)19-16-10)7-20-8-13(18)15-9-14(3-4-14)5-6-17/h17H,3-9H2,1-2H3,(H,15,18). The SMILES string of the molecule is Cc1noc(C)c1CSCC(=O)NCC1(CCO)CC1. The maximum atomic E-state index is 11.8. The maximum Gasteiger partial charge on any atom is 0.230 e. The van der Waals surface area contributed by atoms with Gasteiger partial charge in [0.1, 0.15) is 5.76 Å². The van der Waals surface area contributed by atoms with E-state index in [0.29, 0.717) is 12.3 Å². The third-order valence-electron chi connectivity index (χ3n) is 3.92. The van der Waals surface area contributed by atoms with Gasteiger partial charge < -0.3 is 14.9 Å². The molecule has 0 atom stereocenters. The molecule has 0 unspecified atom stereocenters. The fourth-order valence-electron chi connectivity index (χ4n) is 2.22. The number of hydrogen-bond donors (Lipinski definition) is 2. The summed E-state index contributed by atoms with van der Waals surface area (Å²) >= 11 is 1.57. The maximum absolute atomic E-state index is 11.8. The van der Waals surface area contributed by atoms with Gasteiger partial charge in [-0.05, 0) is 38.5 Å². The monoisotopic (exact) mass is 298 g/mol. The minimum absolute atomic E-state index is 0.0611. The van der Waals surface area contributed by atoms with Crippen molar-refractivity contribution in [1.29, 1.82) is 0 Å². The Morgan fingerprint density at radius 3 is 2.80 bits per heavy atom. The molecule has 2 rings (SSSR count). The second kappa shape index (κ2) is 6.63. The van der Waals surface area contributed by atoms with Crippen molar-refractivity contribution >= 4 is 17.7 Å². The molecule has 0 saturated heterocycles. The highest BCUT2D eigenvalue weighted by Gasteiger charge is 2.41. The van der Waals surface area contributed by atoms with Crippen LogP contribution in [0.4, 0.5) is 0 Å². The zero-order valence-electron chi connectivity index (χ0n) is 12.1. The lowest BCUT2D eigenvalue weighted by atomic mass is 10.0. The summed E-state index contributed by atoms with van der Waals surface area (Å²) in [5, 5.41) is 15.8. The van der Waals surface area contributed by atoms with Gasteiger partial charge in [0.05, 0.1) is 11.4 Å². The summed E-state index contributed by atoms with van der Waals surface area (Å²) in [6, 6.07) is 0. The third kappa shape index (κ3) is 3.99. The van der Waals surface area contributed by atoms with Crippen LogP contribution in [0.15, 0.2) is 4.52 Å². The van der Waals surface area contributed by atoms with Gasteiger partial charge in [0.25, 0.3) is 0 Å². The molecule has 0 bridgehead atoms. The van der Waals surface area contributed by atoms with Crippen molar-refractivity contribution in [1.82, 2.24) is 10.5 Å². The molecule has 20 heavy (non-hydrogen) atoms. The van der Waals surface area contributed by atoms with Gasteiger partial charge in [0, 0.05) is 24.5 Å². The molecule has 0 spiro atoms. The minimum Gasteiger partial charge on any atom is -0.396 e. The van der Waals surface area contributed by atoms with E-state index in [1.165, 1.54) is 0 Å². The van der Waals surface area contributed by atoms with E-state index in [0.717, 1.165) is 42.0 Å². The molecule has 1 aromatic rings. The molecule has 1 heterocycles. The van der Waals surface area contributed by atoms with Crippen LogP contribution >= 0.6 is 11.8 Å². The summed E-state index contributed by atoms with van der Waals surface area (Å²) in [7, 11) is 0. The summed E-state index contributed by atoms with van der Waals surface area (Å²) in [5.41, 5.74) is 2.16. The number of hydrogen-bond acceptors (Lipinski definition) is 5. The van der Waals surface area contributed by atoms with Crippen molar-refractivity contribution in [3.8, 4) is 0 Å². The van der Waals surface area contributed by atoms with Gasteiger partial charge in [-0.3, -0.25) is 4.79 Å². The Bertz CT molecular complexity index is 449. The molecular weight excluding hydrogens is 276 g/mol.